The second-order valence-electron chi connectivity index (χ2n) is 12.5. The number of rotatable bonds is 34. The third-order valence-corrected chi connectivity index (χ3v) is 8.16. The van der Waals surface area contributed by atoms with Gasteiger partial charge in [0.1, 0.15) is 0 Å². The molecule has 0 saturated heterocycles. The van der Waals surface area contributed by atoms with Gasteiger partial charge in [0.2, 0.25) is 0 Å². The molecule has 0 aliphatic rings. The SMILES string of the molecule is CCCCCCCC/C=C\CCCCCCCCOC(=O)/C=C\C(=O)OCCCCCCCC/C=C\CCCCCCCC. The van der Waals surface area contributed by atoms with E-state index in [0.29, 0.717) is 13.2 Å². The molecular weight excluding hydrogens is 544 g/mol. The van der Waals surface area contributed by atoms with Crippen LogP contribution in [0.4, 0.5) is 0 Å². The zero-order chi connectivity index (χ0) is 32.0. The van der Waals surface area contributed by atoms with Crippen molar-refractivity contribution >= 4 is 11.9 Å². The predicted molar refractivity (Wildman–Crippen MR) is 190 cm³/mol. The summed E-state index contributed by atoms with van der Waals surface area (Å²) in [6, 6.07) is 0. The fourth-order valence-electron chi connectivity index (χ4n) is 5.28. The van der Waals surface area contributed by atoms with Crippen LogP contribution in [0, 0.1) is 0 Å². The van der Waals surface area contributed by atoms with Gasteiger partial charge in [0, 0.05) is 12.2 Å². The number of carbonyl (C=O) groups excluding carboxylic acids is 2. The first kappa shape index (κ1) is 42.2. The zero-order valence-electron chi connectivity index (χ0n) is 29.3. The highest BCUT2D eigenvalue weighted by Crippen LogP contribution is 2.11. The van der Waals surface area contributed by atoms with E-state index in [2.05, 4.69) is 38.2 Å². The van der Waals surface area contributed by atoms with Crippen molar-refractivity contribution in [3.63, 3.8) is 0 Å². The van der Waals surface area contributed by atoms with Gasteiger partial charge in [0.15, 0.2) is 0 Å². The minimum absolute atomic E-state index is 0.412. The summed E-state index contributed by atoms with van der Waals surface area (Å²) < 4.78 is 10.4. The molecule has 0 N–H and O–H groups in total. The van der Waals surface area contributed by atoms with Crippen LogP contribution in [0.2, 0.25) is 0 Å². The third kappa shape index (κ3) is 36.4. The molecule has 0 atom stereocenters. The summed E-state index contributed by atoms with van der Waals surface area (Å²) in [5.41, 5.74) is 0. The van der Waals surface area contributed by atoms with Crippen molar-refractivity contribution in [2.45, 2.75) is 194 Å². The van der Waals surface area contributed by atoms with Crippen LogP contribution < -0.4 is 0 Å². The van der Waals surface area contributed by atoms with E-state index in [-0.39, 0.29) is 0 Å². The Kier molecular flexibility index (Phi) is 35.8. The first-order chi connectivity index (χ1) is 21.7. The van der Waals surface area contributed by atoms with Crippen LogP contribution in [0.5, 0.6) is 0 Å². The monoisotopic (exact) mass is 617 g/mol. The largest absolute Gasteiger partial charge is 0.463 e. The van der Waals surface area contributed by atoms with Crippen molar-refractivity contribution < 1.29 is 19.1 Å². The summed E-state index contributed by atoms with van der Waals surface area (Å²) in [7, 11) is 0. The van der Waals surface area contributed by atoms with E-state index in [9.17, 15) is 9.59 Å². The van der Waals surface area contributed by atoms with Gasteiger partial charge in [-0.05, 0) is 64.2 Å². The number of ether oxygens (including phenoxy) is 2. The summed E-state index contributed by atoms with van der Waals surface area (Å²) in [6.07, 6.45) is 46.9. The van der Waals surface area contributed by atoms with E-state index in [0.717, 1.165) is 25.7 Å². The maximum Gasteiger partial charge on any atom is 0.331 e. The van der Waals surface area contributed by atoms with Gasteiger partial charge < -0.3 is 9.47 Å². The Morgan fingerprint density at radius 3 is 0.909 bits per heavy atom. The molecule has 0 unspecified atom stereocenters. The van der Waals surface area contributed by atoms with Gasteiger partial charge in [-0.2, -0.15) is 0 Å². The van der Waals surface area contributed by atoms with Crippen molar-refractivity contribution in [1.29, 1.82) is 0 Å². The van der Waals surface area contributed by atoms with Crippen molar-refractivity contribution in [1.82, 2.24) is 0 Å². The molecule has 0 amide bonds. The predicted octanol–water partition coefficient (Wildman–Crippen LogP) is 12.7. The second kappa shape index (κ2) is 37.3. The molecule has 4 nitrogen and oxygen atoms in total. The molecule has 0 aromatic rings. The molecule has 0 bridgehead atoms. The molecule has 0 aliphatic heterocycles. The number of allylic oxidation sites excluding steroid dienone is 4. The summed E-state index contributed by atoms with van der Waals surface area (Å²) >= 11 is 0. The maximum atomic E-state index is 11.8. The summed E-state index contributed by atoms with van der Waals surface area (Å²) in [5.74, 6) is -0.932. The highest BCUT2D eigenvalue weighted by atomic mass is 16.5. The third-order valence-electron chi connectivity index (χ3n) is 8.16. The fourth-order valence-corrected chi connectivity index (χ4v) is 5.28. The fraction of sp³-hybridized carbons (Fsp3) is 0.800. The van der Waals surface area contributed by atoms with Gasteiger partial charge in [-0.25, -0.2) is 9.59 Å². The summed E-state index contributed by atoms with van der Waals surface area (Å²) in [5, 5.41) is 0. The first-order valence-corrected chi connectivity index (χ1v) is 19.0. The van der Waals surface area contributed by atoms with Crippen molar-refractivity contribution in [2.75, 3.05) is 13.2 Å². The van der Waals surface area contributed by atoms with Crippen molar-refractivity contribution in [3.05, 3.63) is 36.5 Å². The minimum Gasteiger partial charge on any atom is -0.463 e. The van der Waals surface area contributed by atoms with Crippen LogP contribution in [0.1, 0.15) is 194 Å². The summed E-state index contributed by atoms with van der Waals surface area (Å²) in [4.78, 5) is 23.6. The lowest BCUT2D eigenvalue weighted by molar-refractivity contribution is -0.140. The van der Waals surface area contributed by atoms with E-state index in [1.165, 1.54) is 166 Å². The standard InChI is InChI=1S/C40H72O4/c1-3-5-7-9-11-13-15-17-19-21-23-25-27-29-31-33-37-43-39(41)35-36-40(42)44-38-34-32-30-28-26-24-22-20-18-16-14-12-10-8-6-4-2/h17-20,35-36H,3-16,21-34,37-38H2,1-2H3/b19-17-,20-18-,36-35-. The second-order valence-corrected chi connectivity index (χ2v) is 12.5. The van der Waals surface area contributed by atoms with Crippen LogP contribution in [-0.2, 0) is 19.1 Å². The highest BCUT2D eigenvalue weighted by Gasteiger charge is 2.02. The molecule has 0 rings (SSSR count). The van der Waals surface area contributed by atoms with Crippen molar-refractivity contribution in [3.8, 4) is 0 Å². The molecule has 44 heavy (non-hydrogen) atoms. The Balaban J connectivity index is 3.40. The molecule has 0 aromatic heterocycles. The maximum absolute atomic E-state index is 11.8. The van der Waals surface area contributed by atoms with Crippen LogP contribution in [0.3, 0.4) is 0 Å². The average molecular weight is 617 g/mol. The van der Waals surface area contributed by atoms with Crippen LogP contribution in [0.25, 0.3) is 0 Å². The van der Waals surface area contributed by atoms with Gasteiger partial charge in [-0.1, -0.05) is 154 Å². The van der Waals surface area contributed by atoms with Gasteiger partial charge in [0.25, 0.3) is 0 Å². The number of esters is 2. The Hall–Kier alpha value is -1.84. The average Bonchev–Trinajstić information content (AvgIpc) is 3.03. The molecule has 0 aliphatic carbocycles. The first-order valence-electron chi connectivity index (χ1n) is 19.0. The van der Waals surface area contributed by atoms with Gasteiger partial charge in [-0.15, -0.1) is 0 Å². The van der Waals surface area contributed by atoms with E-state index in [1.54, 1.807) is 0 Å². The quantitative estimate of drug-likeness (QED) is 0.0312. The lowest BCUT2D eigenvalue weighted by Gasteiger charge is -2.03. The van der Waals surface area contributed by atoms with E-state index < -0.39 is 11.9 Å². The Morgan fingerprint density at radius 1 is 0.364 bits per heavy atom. The van der Waals surface area contributed by atoms with Gasteiger partial charge >= 0.3 is 11.9 Å². The Labute approximate surface area is 273 Å². The normalized spacial score (nSPS) is 11.8. The van der Waals surface area contributed by atoms with E-state index >= 15 is 0 Å². The number of unbranched alkanes of at least 4 members (excludes halogenated alkanes) is 24. The van der Waals surface area contributed by atoms with Gasteiger partial charge in [-0.3, -0.25) is 0 Å². The zero-order valence-corrected chi connectivity index (χ0v) is 29.3. The lowest BCUT2D eigenvalue weighted by atomic mass is 10.1. The molecule has 256 valence electrons. The Bertz CT molecular complexity index is 635. The number of carbonyl (C=O) groups is 2. The molecule has 0 saturated carbocycles. The molecule has 4 heteroatoms. The topological polar surface area (TPSA) is 52.6 Å². The molecule has 0 aromatic carbocycles. The van der Waals surface area contributed by atoms with Crippen LogP contribution >= 0.6 is 0 Å². The van der Waals surface area contributed by atoms with Crippen LogP contribution in [-0.4, -0.2) is 25.2 Å². The van der Waals surface area contributed by atoms with Crippen molar-refractivity contribution in [2.24, 2.45) is 0 Å². The number of hydrogen-bond acceptors (Lipinski definition) is 4. The minimum atomic E-state index is -0.466. The highest BCUT2D eigenvalue weighted by molar-refractivity contribution is 5.91. The Morgan fingerprint density at radius 2 is 0.614 bits per heavy atom. The van der Waals surface area contributed by atoms with Crippen LogP contribution in [0.15, 0.2) is 36.5 Å². The molecule has 0 radical (unpaired) electrons. The molecule has 0 spiro atoms. The number of hydrogen-bond donors (Lipinski definition) is 0. The molecule has 0 fully saturated rings. The van der Waals surface area contributed by atoms with E-state index in [4.69, 9.17) is 9.47 Å². The smallest absolute Gasteiger partial charge is 0.331 e. The van der Waals surface area contributed by atoms with E-state index in [1.807, 2.05) is 0 Å². The molecular formula is C40H72O4. The lowest BCUT2D eigenvalue weighted by Crippen LogP contribution is -2.06. The summed E-state index contributed by atoms with van der Waals surface area (Å²) in [6.45, 7) is 5.36. The van der Waals surface area contributed by atoms with Gasteiger partial charge in [0.05, 0.1) is 13.2 Å². The molecule has 0 heterocycles.